The van der Waals surface area contributed by atoms with E-state index in [-0.39, 0.29) is 0 Å². The summed E-state index contributed by atoms with van der Waals surface area (Å²) in [6.45, 7) is 2.11. The van der Waals surface area contributed by atoms with Gasteiger partial charge in [-0.3, -0.25) is 0 Å². The molecule has 5 heteroatoms. The predicted octanol–water partition coefficient (Wildman–Crippen LogP) is 5.91. The van der Waals surface area contributed by atoms with Crippen LogP contribution in [0.3, 0.4) is 0 Å². The molecule has 1 heterocycles. The van der Waals surface area contributed by atoms with Gasteiger partial charge in [0.25, 0.3) is 0 Å². The van der Waals surface area contributed by atoms with Gasteiger partial charge in [0, 0.05) is 28.2 Å². The molecule has 1 aromatic carbocycles. The average molecular weight is 401 g/mol. The van der Waals surface area contributed by atoms with Crippen molar-refractivity contribution in [2.24, 2.45) is 0 Å². The Kier molecular flexibility index (Phi) is 4.93. The maximum Gasteiger partial charge on any atom is 0.225 e. The van der Waals surface area contributed by atoms with Crippen molar-refractivity contribution >= 4 is 33.4 Å². The van der Waals surface area contributed by atoms with Gasteiger partial charge >= 0.3 is 0 Å². The van der Waals surface area contributed by atoms with Crippen LogP contribution in [0.5, 0.6) is 0 Å². The normalized spacial score (nSPS) is 18.2. The Hall–Kier alpha value is -1.62. The molecular weight excluding hydrogens is 376 g/mol. The summed E-state index contributed by atoms with van der Waals surface area (Å²) in [5, 5.41) is 7.08. The largest absolute Gasteiger partial charge is 0.351 e. The fourth-order valence-electron chi connectivity index (χ4n) is 3.49. The minimum absolute atomic E-state index is 0.517. The molecule has 0 atom stereocenters. The lowest BCUT2D eigenvalue weighted by atomic mass is 9.96. The highest BCUT2D eigenvalue weighted by molar-refractivity contribution is 9.10. The maximum atomic E-state index is 4.80. The van der Waals surface area contributed by atoms with E-state index in [1.54, 1.807) is 0 Å². The number of aromatic nitrogens is 2. The van der Waals surface area contributed by atoms with Gasteiger partial charge in [-0.05, 0) is 50.3 Å². The van der Waals surface area contributed by atoms with E-state index in [1.165, 1.54) is 56.2 Å². The van der Waals surface area contributed by atoms with E-state index in [1.807, 2.05) is 6.07 Å². The SMILES string of the molecule is Cc1c(Br)cccc1Nc1cc(C2CC2)nc(NC2CCCCC2)n1. The van der Waals surface area contributed by atoms with Crippen LogP contribution in [0.2, 0.25) is 0 Å². The van der Waals surface area contributed by atoms with E-state index in [9.17, 15) is 0 Å². The zero-order valence-electron chi connectivity index (χ0n) is 14.7. The van der Waals surface area contributed by atoms with Crippen molar-refractivity contribution < 1.29 is 0 Å². The highest BCUT2D eigenvalue weighted by Gasteiger charge is 2.26. The molecule has 1 aromatic heterocycles. The van der Waals surface area contributed by atoms with Crippen molar-refractivity contribution in [2.75, 3.05) is 10.6 Å². The van der Waals surface area contributed by atoms with Crippen LogP contribution in [-0.2, 0) is 0 Å². The Balaban J connectivity index is 1.58. The minimum atomic E-state index is 0.517. The van der Waals surface area contributed by atoms with Crippen LogP contribution in [0.1, 0.15) is 62.1 Å². The zero-order valence-corrected chi connectivity index (χ0v) is 16.3. The molecular formula is C20H25BrN4. The van der Waals surface area contributed by atoms with Gasteiger partial charge in [0.15, 0.2) is 0 Å². The summed E-state index contributed by atoms with van der Waals surface area (Å²) in [5.74, 6) is 2.28. The van der Waals surface area contributed by atoms with Crippen LogP contribution < -0.4 is 10.6 Å². The van der Waals surface area contributed by atoms with Crippen molar-refractivity contribution in [1.82, 2.24) is 9.97 Å². The van der Waals surface area contributed by atoms with Gasteiger partial charge < -0.3 is 10.6 Å². The predicted molar refractivity (Wildman–Crippen MR) is 107 cm³/mol. The zero-order chi connectivity index (χ0) is 17.2. The van der Waals surface area contributed by atoms with Crippen molar-refractivity contribution in [2.45, 2.75) is 63.8 Å². The number of hydrogen-bond acceptors (Lipinski definition) is 4. The second-order valence-electron chi connectivity index (χ2n) is 7.29. The third-order valence-electron chi connectivity index (χ3n) is 5.21. The highest BCUT2D eigenvalue weighted by atomic mass is 79.9. The average Bonchev–Trinajstić information content (AvgIpc) is 3.45. The third-order valence-corrected chi connectivity index (χ3v) is 6.07. The van der Waals surface area contributed by atoms with Gasteiger partial charge in [0.05, 0.1) is 5.69 Å². The molecule has 0 saturated heterocycles. The Morgan fingerprint density at radius 3 is 2.60 bits per heavy atom. The number of halogens is 1. The summed E-state index contributed by atoms with van der Waals surface area (Å²) >= 11 is 3.60. The molecule has 0 spiro atoms. The molecule has 0 radical (unpaired) electrons. The Labute approximate surface area is 158 Å². The fourth-order valence-corrected chi connectivity index (χ4v) is 3.86. The molecule has 0 bridgehead atoms. The van der Waals surface area contributed by atoms with Gasteiger partial charge in [-0.2, -0.15) is 4.98 Å². The second-order valence-corrected chi connectivity index (χ2v) is 8.15. The molecule has 132 valence electrons. The lowest BCUT2D eigenvalue weighted by molar-refractivity contribution is 0.460. The summed E-state index contributed by atoms with van der Waals surface area (Å²) in [4.78, 5) is 9.55. The van der Waals surface area contributed by atoms with Gasteiger partial charge in [0.1, 0.15) is 5.82 Å². The summed E-state index contributed by atoms with van der Waals surface area (Å²) in [6.07, 6.45) is 8.92. The Morgan fingerprint density at radius 2 is 1.84 bits per heavy atom. The first-order valence-corrected chi connectivity index (χ1v) is 10.2. The molecule has 2 saturated carbocycles. The van der Waals surface area contributed by atoms with Gasteiger partial charge in [0.2, 0.25) is 5.95 Å². The Morgan fingerprint density at radius 1 is 1.04 bits per heavy atom. The van der Waals surface area contributed by atoms with Crippen molar-refractivity contribution in [3.8, 4) is 0 Å². The molecule has 0 amide bonds. The number of hydrogen-bond donors (Lipinski definition) is 2. The first kappa shape index (κ1) is 16.8. The van der Waals surface area contributed by atoms with E-state index in [2.05, 4.69) is 51.7 Å². The Bertz CT molecular complexity index is 751. The first-order valence-electron chi connectivity index (χ1n) is 9.37. The molecule has 0 aliphatic heterocycles. The molecule has 2 fully saturated rings. The standard InChI is InChI=1S/C20H25BrN4/c1-13-16(21)8-5-9-17(13)23-19-12-18(14-10-11-14)24-20(25-19)22-15-6-3-2-4-7-15/h5,8-9,12,14-15H,2-4,6-7,10-11H2,1H3,(H2,22,23,24,25). The number of rotatable bonds is 5. The molecule has 25 heavy (non-hydrogen) atoms. The summed E-state index contributed by atoms with van der Waals surface area (Å²) in [5.41, 5.74) is 3.44. The van der Waals surface area contributed by atoms with E-state index >= 15 is 0 Å². The monoisotopic (exact) mass is 400 g/mol. The molecule has 4 rings (SSSR count). The lowest BCUT2D eigenvalue weighted by Crippen LogP contribution is -2.23. The van der Waals surface area contributed by atoms with Crippen LogP contribution in [0.4, 0.5) is 17.5 Å². The highest BCUT2D eigenvalue weighted by Crippen LogP contribution is 2.40. The molecule has 2 aliphatic carbocycles. The van der Waals surface area contributed by atoms with Gasteiger partial charge in [-0.25, -0.2) is 4.98 Å². The number of anilines is 3. The minimum Gasteiger partial charge on any atom is -0.351 e. The van der Waals surface area contributed by atoms with Crippen LogP contribution in [0.15, 0.2) is 28.7 Å². The van der Waals surface area contributed by atoms with Gasteiger partial charge in [-0.15, -0.1) is 0 Å². The molecule has 4 nitrogen and oxygen atoms in total. The molecule has 0 unspecified atom stereocenters. The molecule has 2 aliphatic rings. The van der Waals surface area contributed by atoms with Crippen LogP contribution in [-0.4, -0.2) is 16.0 Å². The smallest absolute Gasteiger partial charge is 0.225 e. The first-order chi connectivity index (χ1) is 12.2. The maximum absolute atomic E-state index is 4.80. The number of nitrogens with one attached hydrogen (secondary N) is 2. The number of benzene rings is 1. The summed E-state index contributed by atoms with van der Waals surface area (Å²) in [6, 6.07) is 8.83. The van der Waals surface area contributed by atoms with Crippen molar-refractivity contribution in [3.63, 3.8) is 0 Å². The van der Waals surface area contributed by atoms with Crippen molar-refractivity contribution in [1.29, 1.82) is 0 Å². The van der Waals surface area contributed by atoms with Gasteiger partial charge in [-0.1, -0.05) is 41.3 Å². The molecule has 2 aromatic rings. The van der Waals surface area contributed by atoms with Crippen LogP contribution >= 0.6 is 15.9 Å². The lowest BCUT2D eigenvalue weighted by Gasteiger charge is -2.23. The van der Waals surface area contributed by atoms with Crippen molar-refractivity contribution in [3.05, 3.63) is 40.0 Å². The van der Waals surface area contributed by atoms with E-state index in [0.29, 0.717) is 12.0 Å². The van der Waals surface area contributed by atoms with E-state index in [4.69, 9.17) is 9.97 Å². The van der Waals surface area contributed by atoms with Crippen LogP contribution in [0.25, 0.3) is 0 Å². The van der Waals surface area contributed by atoms with Crippen LogP contribution in [0, 0.1) is 6.92 Å². The summed E-state index contributed by atoms with van der Waals surface area (Å²) < 4.78 is 1.11. The number of nitrogens with zero attached hydrogens (tertiary/aromatic N) is 2. The van der Waals surface area contributed by atoms with E-state index < -0.39 is 0 Å². The summed E-state index contributed by atoms with van der Waals surface area (Å²) in [7, 11) is 0. The quantitative estimate of drug-likeness (QED) is 0.654. The third kappa shape index (κ3) is 4.14. The second kappa shape index (κ2) is 7.32. The molecule has 2 N–H and O–H groups in total. The van der Waals surface area contributed by atoms with E-state index in [0.717, 1.165) is 21.9 Å². The fraction of sp³-hybridized carbons (Fsp3) is 0.500. The topological polar surface area (TPSA) is 49.8 Å².